The van der Waals surface area contributed by atoms with Crippen LogP contribution in [0.25, 0.3) is 21.5 Å². The fraction of sp³-hybridized carbons (Fsp3) is 0.449. The Bertz CT molecular complexity index is 3010. The van der Waals surface area contributed by atoms with Crippen LogP contribution >= 0.6 is 0 Å². The second-order valence-corrected chi connectivity index (χ2v) is 25.4. The molecule has 0 spiro atoms. The minimum atomic E-state index is 0.256. The van der Waals surface area contributed by atoms with Crippen LogP contribution in [0.15, 0.2) is 133 Å². The Morgan fingerprint density at radius 2 is 0.761 bits per heavy atom. The molecule has 8 bridgehead atoms. The van der Waals surface area contributed by atoms with Gasteiger partial charge in [-0.25, -0.2) is 0 Å². The van der Waals surface area contributed by atoms with E-state index < -0.39 is 0 Å². The number of anilines is 6. The minimum absolute atomic E-state index is 0.256. The maximum absolute atomic E-state index is 2.76. The van der Waals surface area contributed by atoms with Crippen molar-refractivity contribution in [3.05, 3.63) is 167 Å². The van der Waals surface area contributed by atoms with Crippen molar-refractivity contribution in [3.8, 4) is 0 Å². The lowest BCUT2D eigenvalue weighted by molar-refractivity contribution is -0.00525. The molecule has 7 aromatic carbocycles. The van der Waals surface area contributed by atoms with Crippen molar-refractivity contribution in [2.24, 2.45) is 35.5 Å². The minimum Gasteiger partial charge on any atom is -0.309 e. The second-order valence-electron chi connectivity index (χ2n) is 25.4. The highest BCUT2D eigenvalue weighted by Gasteiger charge is 2.53. The lowest BCUT2D eigenvalue weighted by Crippen LogP contribution is -2.48. The van der Waals surface area contributed by atoms with Gasteiger partial charge >= 0.3 is 0 Å². The molecule has 364 valence electrons. The molecule has 0 atom stereocenters. The van der Waals surface area contributed by atoms with Crippen molar-refractivity contribution in [1.82, 2.24) is 0 Å². The summed E-state index contributed by atoms with van der Waals surface area (Å²) < 4.78 is 0. The smallest absolute Gasteiger partial charge is 0.0620 e. The lowest BCUT2D eigenvalue weighted by atomic mass is 9.48. The van der Waals surface area contributed by atoms with Gasteiger partial charge in [-0.1, -0.05) is 119 Å². The predicted octanol–water partition coefficient (Wildman–Crippen LogP) is 19.8. The Labute approximate surface area is 426 Å². The molecule has 0 N–H and O–H groups in total. The summed E-state index contributed by atoms with van der Waals surface area (Å²) in [5.41, 5.74) is 16.8. The van der Waals surface area contributed by atoms with Gasteiger partial charge in [0, 0.05) is 44.3 Å². The fourth-order valence-corrected chi connectivity index (χ4v) is 17.0. The van der Waals surface area contributed by atoms with Gasteiger partial charge in [0.25, 0.3) is 0 Å². The summed E-state index contributed by atoms with van der Waals surface area (Å²) in [6.07, 6.45) is 20.4. The Kier molecular flexibility index (Phi) is 11.3. The first kappa shape index (κ1) is 45.5. The molecule has 71 heavy (non-hydrogen) atoms. The van der Waals surface area contributed by atoms with Gasteiger partial charge in [-0.05, 0) is 243 Å². The zero-order valence-electron chi connectivity index (χ0n) is 43.8. The average Bonchev–Trinajstić information content (AvgIpc) is 3.36. The molecule has 8 aliphatic carbocycles. The topological polar surface area (TPSA) is 6.48 Å². The van der Waals surface area contributed by atoms with Crippen LogP contribution in [0, 0.1) is 42.4 Å². The van der Waals surface area contributed by atoms with Crippen molar-refractivity contribution in [2.45, 2.75) is 161 Å². The Hall–Kier alpha value is -5.34. The molecule has 2 heteroatoms. The molecule has 8 aliphatic rings. The first-order valence-corrected chi connectivity index (χ1v) is 28.5. The highest BCUT2D eigenvalue weighted by atomic mass is 15.2. The molecule has 0 heterocycles. The van der Waals surface area contributed by atoms with Crippen molar-refractivity contribution >= 4 is 55.7 Å². The molecule has 2 nitrogen and oxygen atoms in total. The monoisotopic (exact) mass is 935 g/mol. The van der Waals surface area contributed by atoms with Gasteiger partial charge in [0.2, 0.25) is 0 Å². The van der Waals surface area contributed by atoms with E-state index in [4.69, 9.17) is 0 Å². The summed E-state index contributed by atoms with van der Waals surface area (Å²) in [7, 11) is 0. The van der Waals surface area contributed by atoms with Gasteiger partial charge < -0.3 is 9.80 Å². The van der Waals surface area contributed by atoms with Crippen LogP contribution < -0.4 is 9.80 Å². The van der Waals surface area contributed by atoms with Crippen molar-refractivity contribution in [3.63, 3.8) is 0 Å². The van der Waals surface area contributed by atoms with Crippen LogP contribution in [0.4, 0.5) is 34.1 Å². The van der Waals surface area contributed by atoms with E-state index in [2.05, 4.69) is 185 Å². The quantitative estimate of drug-likeness (QED) is 0.0840. The molecular weight excluding hydrogens is 857 g/mol. The molecule has 0 aromatic heterocycles. The van der Waals surface area contributed by atoms with Gasteiger partial charge in [0.1, 0.15) is 0 Å². The third-order valence-corrected chi connectivity index (χ3v) is 19.7. The van der Waals surface area contributed by atoms with Gasteiger partial charge in [0.15, 0.2) is 0 Å². The van der Waals surface area contributed by atoms with Crippen LogP contribution in [0.5, 0.6) is 0 Å². The summed E-state index contributed by atoms with van der Waals surface area (Å²) in [6, 6.07) is 54.4. The van der Waals surface area contributed by atoms with E-state index in [0.717, 1.165) is 41.9 Å². The summed E-state index contributed by atoms with van der Waals surface area (Å²) in [5.74, 6) is 6.17. The third kappa shape index (κ3) is 7.95. The molecular formula is C69H78N2. The van der Waals surface area contributed by atoms with Crippen molar-refractivity contribution in [2.75, 3.05) is 9.80 Å². The van der Waals surface area contributed by atoms with E-state index in [1.807, 2.05) is 0 Å². The van der Waals surface area contributed by atoms with Crippen LogP contribution in [-0.4, -0.2) is 0 Å². The molecule has 8 fully saturated rings. The lowest BCUT2D eigenvalue weighted by Gasteiger charge is -2.57. The molecule has 0 unspecified atom stereocenters. The van der Waals surface area contributed by atoms with Crippen molar-refractivity contribution in [1.29, 1.82) is 0 Å². The van der Waals surface area contributed by atoms with E-state index in [-0.39, 0.29) is 10.8 Å². The SMILES string of the molecule is CCCCc1ccc(N(c2ccc(C(C)C)cc2)c2c3ccc(C45CC6CC(CC(C6)C4)C5)cc3c(N(c3ccc(C)cc3)c3ccc(C(C)C)cc3)c3ccc(C45CC6CC(CC(C6)C4)C5)cc23)cc1. The summed E-state index contributed by atoms with van der Waals surface area (Å²) >= 11 is 0. The van der Waals surface area contributed by atoms with Gasteiger partial charge in [-0.2, -0.15) is 0 Å². The Balaban J connectivity index is 1.14. The number of nitrogens with zero attached hydrogens (tertiary/aromatic N) is 2. The van der Waals surface area contributed by atoms with E-state index in [0.29, 0.717) is 11.8 Å². The van der Waals surface area contributed by atoms with Crippen LogP contribution in [0.3, 0.4) is 0 Å². The number of unbranched alkanes of at least 4 members (excludes halogenated alkanes) is 1. The standard InChI is InChI=1S/C69H78N2/c1-7-8-9-47-12-22-59(23-13-47)71(61-26-16-55(17-27-61)45(4)5)67-63-29-19-56(68-38-48-30-49(39-68)32-50(31-48)40-68)36-64(63)66(70(58-20-10-46(6)11-21-58)60-24-14-54(15-25-60)44(2)3)62-28-18-57(37-65(62)67)69-41-51-33-52(42-69)35-53(34-51)43-69/h10-29,36-37,44-45,48-53H,7-9,30-35,38-43H2,1-6H3. The highest BCUT2D eigenvalue weighted by molar-refractivity contribution is 6.23. The molecule has 0 radical (unpaired) electrons. The van der Waals surface area contributed by atoms with E-state index in [9.17, 15) is 0 Å². The zero-order valence-corrected chi connectivity index (χ0v) is 43.8. The first-order valence-electron chi connectivity index (χ1n) is 28.5. The number of hydrogen-bond acceptors (Lipinski definition) is 2. The molecule has 15 rings (SSSR count). The molecule has 0 amide bonds. The predicted molar refractivity (Wildman–Crippen MR) is 302 cm³/mol. The summed E-state index contributed by atoms with van der Waals surface area (Å²) in [5, 5.41) is 5.45. The molecule has 0 aliphatic heterocycles. The van der Waals surface area contributed by atoms with Crippen LogP contribution in [0.2, 0.25) is 0 Å². The average molecular weight is 935 g/mol. The number of rotatable bonds is 13. The molecule has 7 aromatic rings. The number of fused-ring (bicyclic) bond motifs is 2. The van der Waals surface area contributed by atoms with Gasteiger partial charge in [0.05, 0.1) is 11.4 Å². The zero-order chi connectivity index (χ0) is 48.2. The fourth-order valence-electron chi connectivity index (χ4n) is 17.0. The van der Waals surface area contributed by atoms with Crippen molar-refractivity contribution < 1.29 is 0 Å². The summed E-state index contributed by atoms with van der Waals surface area (Å²) in [4.78, 5) is 5.35. The van der Waals surface area contributed by atoms with Gasteiger partial charge in [-0.3, -0.25) is 0 Å². The summed E-state index contributed by atoms with van der Waals surface area (Å²) in [6.45, 7) is 13.8. The Morgan fingerprint density at radius 3 is 1.10 bits per heavy atom. The highest BCUT2D eigenvalue weighted by Crippen LogP contribution is 2.64. The normalized spacial score (nSPS) is 27.2. The maximum Gasteiger partial charge on any atom is 0.0620 e. The first-order chi connectivity index (χ1) is 34.5. The molecule has 0 saturated heterocycles. The van der Waals surface area contributed by atoms with E-state index in [1.54, 1.807) is 11.1 Å². The second kappa shape index (κ2) is 17.7. The Morgan fingerprint density at radius 1 is 0.423 bits per heavy atom. The number of aryl methyl sites for hydroxylation is 2. The van der Waals surface area contributed by atoms with E-state index in [1.165, 1.54) is 168 Å². The number of benzene rings is 7. The van der Waals surface area contributed by atoms with Gasteiger partial charge in [-0.15, -0.1) is 0 Å². The maximum atomic E-state index is 2.76. The molecule has 8 saturated carbocycles. The third-order valence-electron chi connectivity index (χ3n) is 19.7. The van der Waals surface area contributed by atoms with Crippen LogP contribution in [0.1, 0.15) is 170 Å². The van der Waals surface area contributed by atoms with E-state index >= 15 is 0 Å². The van der Waals surface area contributed by atoms with Crippen LogP contribution in [-0.2, 0) is 17.3 Å². The largest absolute Gasteiger partial charge is 0.309 e. The number of hydrogen-bond donors (Lipinski definition) is 0.